The Kier molecular flexibility index (Phi) is 3.05. The standard InChI is InChI=1S/C7H4BrClN4S/c8-4-5(9)12-3-13-6(4)14-7-10-1-2-11-7/h1-3H,(H,10,11). The van der Waals surface area contributed by atoms with E-state index in [9.17, 15) is 0 Å². The lowest BCUT2D eigenvalue weighted by Crippen LogP contribution is -1.86. The van der Waals surface area contributed by atoms with E-state index in [0.717, 1.165) is 10.2 Å². The summed E-state index contributed by atoms with van der Waals surface area (Å²) in [6.45, 7) is 0. The van der Waals surface area contributed by atoms with Gasteiger partial charge in [0.05, 0.1) is 4.47 Å². The summed E-state index contributed by atoms with van der Waals surface area (Å²) >= 11 is 10.5. The molecule has 2 heterocycles. The zero-order chi connectivity index (χ0) is 9.97. The lowest BCUT2D eigenvalue weighted by atomic mass is 10.7. The molecule has 0 amide bonds. The quantitative estimate of drug-likeness (QED) is 0.865. The minimum atomic E-state index is 0.397. The van der Waals surface area contributed by atoms with Crippen LogP contribution in [0.2, 0.25) is 5.15 Å². The Morgan fingerprint density at radius 3 is 2.93 bits per heavy atom. The largest absolute Gasteiger partial charge is 0.339 e. The van der Waals surface area contributed by atoms with Crippen LogP contribution in [0.1, 0.15) is 0 Å². The predicted molar refractivity (Wildman–Crippen MR) is 57.5 cm³/mol. The van der Waals surface area contributed by atoms with Crippen LogP contribution in [0.3, 0.4) is 0 Å². The number of aromatic amines is 1. The van der Waals surface area contributed by atoms with E-state index in [1.165, 1.54) is 18.1 Å². The summed E-state index contributed by atoms with van der Waals surface area (Å²) in [6.07, 6.45) is 4.84. The Labute approximate surface area is 97.7 Å². The van der Waals surface area contributed by atoms with Crippen molar-refractivity contribution in [2.45, 2.75) is 10.2 Å². The molecule has 0 spiro atoms. The fourth-order valence-electron chi connectivity index (χ4n) is 0.803. The smallest absolute Gasteiger partial charge is 0.171 e. The van der Waals surface area contributed by atoms with Crippen LogP contribution in [0, 0.1) is 0 Å². The third kappa shape index (κ3) is 2.08. The van der Waals surface area contributed by atoms with Crippen molar-refractivity contribution in [2.24, 2.45) is 0 Å². The van der Waals surface area contributed by atoms with Crippen LogP contribution in [-0.4, -0.2) is 19.9 Å². The number of halogens is 2. The van der Waals surface area contributed by atoms with Gasteiger partial charge < -0.3 is 4.98 Å². The maximum absolute atomic E-state index is 5.81. The van der Waals surface area contributed by atoms with Gasteiger partial charge in [0.1, 0.15) is 16.5 Å². The molecular formula is C7H4BrClN4S. The zero-order valence-electron chi connectivity index (χ0n) is 6.74. The van der Waals surface area contributed by atoms with Crippen LogP contribution < -0.4 is 0 Å². The molecule has 14 heavy (non-hydrogen) atoms. The number of nitrogens with one attached hydrogen (secondary N) is 1. The van der Waals surface area contributed by atoms with E-state index in [-0.39, 0.29) is 0 Å². The van der Waals surface area contributed by atoms with Gasteiger partial charge in [0, 0.05) is 12.4 Å². The molecule has 0 aliphatic carbocycles. The second kappa shape index (κ2) is 4.29. The lowest BCUT2D eigenvalue weighted by Gasteiger charge is -2.00. The fraction of sp³-hybridized carbons (Fsp3) is 0. The van der Waals surface area contributed by atoms with E-state index in [4.69, 9.17) is 11.6 Å². The molecule has 4 nitrogen and oxygen atoms in total. The normalized spacial score (nSPS) is 10.4. The molecule has 0 aliphatic heterocycles. The zero-order valence-corrected chi connectivity index (χ0v) is 9.90. The summed E-state index contributed by atoms with van der Waals surface area (Å²) in [4.78, 5) is 14.9. The second-order valence-electron chi connectivity index (χ2n) is 2.28. The van der Waals surface area contributed by atoms with Crippen molar-refractivity contribution in [3.05, 3.63) is 28.3 Å². The molecular weight excluding hydrogens is 288 g/mol. The van der Waals surface area contributed by atoms with E-state index < -0.39 is 0 Å². The molecule has 0 unspecified atom stereocenters. The number of imidazole rings is 1. The van der Waals surface area contributed by atoms with E-state index in [2.05, 4.69) is 35.9 Å². The molecule has 0 radical (unpaired) electrons. The second-order valence-corrected chi connectivity index (χ2v) is 4.41. The van der Waals surface area contributed by atoms with Crippen molar-refractivity contribution in [2.75, 3.05) is 0 Å². The van der Waals surface area contributed by atoms with Crippen LogP contribution >= 0.6 is 39.3 Å². The molecule has 2 rings (SSSR count). The summed E-state index contributed by atoms with van der Waals surface area (Å²) in [5.74, 6) is 0. The van der Waals surface area contributed by atoms with Gasteiger partial charge in [0.15, 0.2) is 5.16 Å². The molecule has 0 saturated carbocycles. The number of hydrogen-bond acceptors (Lipinski definition) is 4. The van der Waals surface area contributed by atoms with Crippen molar-refractivity contribution in [3.63, 3.8) is 0 Å². The van der Waals surface area contributed by atoms with Crippen molar-refractivity contribution in [1.29, 1.82) is 0 Å². The Hall–Kier alpha value is -0.590. The topological polar surface area (TPSA) is 54.5 Å². The minimum absolute atomic E-state index is 0.397. The van der Waals surface area contributed by atoms with Crippen LogP contribution in [0.4, 0.5) is 0 Å². The van der Waals surface area contributed by atoms with E-state index >= 15 is 0 Å². The van der Waals surface area contributed by atoms with Crippen molar-refractivity contribution >= 4 is 39.3 Å². The summed E-state index contributed by atoms with van der Waals surface area (Å²) in [5, 5.41) is 1.90. The van der Waals surface area contributed by atoms with E-state index in [1.807, 2.05) is 0 Å². The lowest BCUT2D eigenvalue weighted by molar-refractivity contribution is 1.00. The van der Waals surface area contributed by atoms with Crippen LogP contribution in [0.25, 0.3) is 0 Å². The molecule has 0 aromatic carbocycles. The Bertz CT molecular complexity index is 433. The molecule has 2 aromatic heterocycles. The summed E-state index contributed by atoms with van der Waals surface area (Å²) < 4.78 is 0.683. The number of rotatable bonds is 2. The highest BCUT2D eigenvalue weighted by Crippen LogP contribution is 2.32. The number of aromatic nitrogens is 4. The van der Waals surface area contributed by atoms with Crippen LogP contribution in [0.15, 0.2) is 33.4 Å². The van der Waals surface area contributed by atoms with Gasteiger partial charge >= 0.3 is 0 Å². The maximum Gasteiger partial charge on any atom is 0.171 e. The molecule has 0 bridgehead atoms. The summed E-state index contributed by atoms with van der Waals surface area (Å²) in [7, 11) is 0. The van der Waals surface area contributed by atoms with Crippen molar-refractivity contribution in [3.8, 4) is 0 Å². The van der Waals surface area contributed by atoms with E-state index in [1.54, 1.807) is 12.4 Å². The monoisotopic (exact) mass is 290 g/mol. The third-order valence-electron chi connectivity index (χ3n) is 1.38. The Morgan fingerprint density at radius 2 is 2.21 bits per heavy atom. The first-order chi connectivity index (χ1) is 6.77. The van der Waals surface area contributed by atoms with E-state index in [0.29, 0.717) is 9.63 Å². The van der Waals surface area contributed by atoms with Crippen LogP contribution in [-0.2, 0) is 0 Å². The van der Waals surface area contributed by atoms with Gasteiger partial charge in [0.25, 0.3) is 0 Å². The number of nitrogens with zero attached hydrogens (tertiary/aromatic N) is 3. The number of hydrogen-bond donors (Lipinski definition) is 1. The average Bonchev–Trinajstić information content (AvgIpc) is 2.66. The first-order valence-corrected chi connectivity index (χ1v) is 5.59. The molecule has 1 N–H and O–H groups in total. The first kappa shape index (κ1) is 9.95. The average molecular weight is 292 g/mol. The fourth-order valence-corrected chi connectivity index (χ4v) is 2.15. The highest BCUT2D eigenvalue weighted by Gasteiger charge is 2.09. The maximum atomic E-state index is 5.81. The SMILES string of the molecule is Clc1ncnc(Sc2ncc[nH]2)c1Br. The van der Waals surface area contributed by atoms with Gasteiger partial charge in [-0.15, -0.1) is 0 Å². The van der Waals surface area contributed by atoms with Crippen molar-refractivity contribution < 1.29 is 0 Å². The molecule has 0 fully saturated rings. The van der Waals surface area contributed by atoms with Gasteiger partial charge in [0.2, 0.25) is 0 Å². The Balaban J connectivity index is 2.29. The van der Waals surface area contributed by atoms with Gasteiger partial charge in [-0.05, 0) is 27.7 Å². The van der Waals surface area contributed by atoms with Gasteiger partial charge in [-0.1, -0.05) is 11.6 Å². The first-order valence-electron chi connectivity index (χ1n) is 3.60. The molecule has 0 saturated heterocycles. The Morgan fingerprint density at radius 1 is 1.36 bits per heavy atom. The molecule has 0 aliphatic rings. The predicted octanol–water partition coefficient (Wildman–Crippen LogP) is 2.77. The molecule has 2 aromatic rings. The third-order valence-corrected chi connectivity index (χ3v) is 3.83. The summed E-state index contributed by atoms with van der Waals surface area (Å²) in [6, 6.07) is 0. The molecule has 0 atom stereocenters. The molecule has 7 heteroatoms. The highest BCUT2D eigenvalue weighted by molar-refractivity contribution is 9.10. The van der Waals surface area contributed by atoms with Crippen molar-refractivity contribution in [1.82, 2.24) is 19.9 Å². The highest BCUT2D eigenvalue weighted by atomic mass is 79.9. The molecule has 72 valence electrons. The van der Waals surface area contributed by atoms with Gasteiger partial charge in [-0.2, -0.15) is 0 Å². The van der Waals surface area contributed by atoms with Gasteiger partial charge in [-0.3, -0.25) is 0 Å². The summed E-state index contributed by atoms with van der Waals surface area (Å²) in [5.41, 5.74) is 0. The minimum Gasteiger partial charge on any atom is -0.339 e. The van der Waals surface area contributed by atoms with Gasteiger partial charge in [-0.25, -0.2) is 15.0 Å². The van der Waals surface area contributed by atoms with Crippen LogP contribution in [0.5, 0.6) is 0 Å². The number of H-pyrrole nitrogens is 1.